The molecule has 0 fully saturated rings. The third kappa shape index (κ3) is 2.94. The predicted molar refractivity (Wildman–Crippen MR) is 89.2 cm³/mol. The minimum Gasteiger partial charge on any atom is -0.493 e. The number of benzene rings is 2. The molecule has 0 unspecified atom stereocenters. The lowest BCUT2D eigenvalue weighted by Gasteiger charge is -2.08. The van der Waals surface area contributed by atoms with Gasteiger partial charge < -0.3 is 19.7 Å². The standard InChI is InChI=1S/C18H16N2O4/c1-11-5-3-7-13(9-11)19-17(21)14-10-12-6-4-8-15(23-2)16(12)24-18(14)20-22/h3-10,22H,1-2H3,(H,19,21). The molecule has 24 heavy (non-hydrogen) atoms. The summed E-state index contributed by atoms with van der Waals surface area (Å²) >= 11 is 0. The van der Waals surface area contributed by atoms with Gasteiger partial charge in [0.05, 0.1) is 7.11 Å². The van der Waals surface area contributed by atoms with Crippen molar-refractivity contribution in [2.75, 3.05) is 12.4 Å². The van der Waals surface area contributed by atoms with Crippen LogP contribution in [0.3, 0.4) is 0 Å². The normalized spacial score (nSPS) is 11.5. The highest BCUT2D eigenvalue weighted by atomic mass is 16.5. The second-order valence-electron chi connectivity index (χ2n) is 5.27. The maximum Gasteiger partial charge on any atom is 0.268 e. The Labute approximate surface area is 138 Å². The molecule has 3 aromatic rings. The zero-order valence-electron chi connectivity index (χ0n) is 13.2. The number of ether oxygens (including phenoxy) is 1. The number of nitrogens with zero attached hydrogens (tertiary/aromatic N) is 1. The van der Waals surface area contributed by atoms with Gasteiger partial charge in [-0.25, -0.2) is 0 Å². The summed E-state index contributed by atoms with van der Waals surface area (Å²) in [7, 11) is 1.51. The van der Waals surface area contributed by atoms with E-state index in [2.05, 4.69) is 10.5 Å². The second kappa shape index (κ2) is 6.45. The topological polar surface area (TPSA) is 84.1 Å². The van der Waals surface area contributed by atoms with Crippen molar-refractivity contribution in [3.8, 4) is 5.75 Å². The summed E-state index contributed by atoms with van der Waals surface area (Å²) in [6.07, 6.45) is 0. The number of methoxy groups -OCH3 is 1. The molecule has 0 bridgehead atoms. The fourth-order valence-electron chi connectivity index (χ4n) is 2.44. The summed E-state index contributed by atoms with van der Waals surface area (Å²) in [5.74, 6) is 0.0601. The Bertz CT molecular complexity index is 976. The average Bonchev–Trinajstić information content (AvgIpc) is 2.59. The number of rotatable bonds is 3. The number of hydrogen-bond acceptors (Lipinski definition) is 5. The summed E-state index contributed by atoms with van der Waals surface area (Å²) < 4.78 is 10.8. The summed E-state index contributed by atoms with van der Waals surface area (Å²) in [6, 6.07) is 14.3. The lowest BCUT2D eigenvalue weighted by atomic mass is 10.1. The quantitative estimate of drug-likeness (QED) is 0.572. The highest BCUT2D eigenvalue weighted by molar-refractivity contribution is 6.05. The number of aryl methyl sites for hydroxylation is 1. The van der Waals surface area contributed by atoms with Gasteiger partial charge in [0.1, 0.15) is 5.56 Å². The van der Waals surface area contributed by atoms with Gasteiger partial charge >= 0.3 is 0 Å². The van der Waals surface area contributed by atoms with Gasteiger partial charge in [-0.05, 0) is 41.9 Å². The number of para-hydroxylation sites is 1. The minimum absolute atomic E-state index is 0.125. The van der Waals surface area contributed by atoms with E-state index in [1.807, 2.05) is 25.1 Å². The first-order valence-corrected chi connectivity index (χ1v) is 7.29. The summed E-state index contributed by atoms with van der Waals surface area (Å²) in [5, 5.41) is 15.7. The van der Waals surface area contributed by atoms with Crippen LogP contribution in [-0.2, 0) is 0 Å². The van der Waals surface area contributed by atoms with Crippen molar-refractivity contribution in [3.63, 3.8) is 0 Å². The molecule has 122 valence electrons. The third-order valence-electron chi connectivity index (χ3n) is 3.57. The van der Waals surface area contributed by atoms with Gasteiger partial charge in [0.15, 0.2) is 11.3 Å². The lowest BCUT2D eigenvalue weighted by Crippen LogP contribution is -2.21. The molecule has 6 heteroatoms. The van der Waals surface area contributed by atoms with E-state index in [1.165, 1.54) is 7.11 Å². The maximum atomic E-state index is 12.5. The van der Waals surface area contributed by atoms with Crippen molar-refractivity contribution in [1.29, 1.82) is 0 Å². The van der Waals surface area contributed by atoms with Crippen LogP contribution in [0.4, 0.5) is 5.69 Å². The van der Waals surface area contributed by atoms with Crippen LogP contribution in [0.2, 0.25) is 0 Å². The molecule has 1 aromatic heterocycles. The number of fused-ring (bicyclic) bond motifs is 1. The Kier molecular flexibility index (Phi) is 4.20. The number of anilines is 1. The molecule has 0 aliphatic heterocycles. The molecule has 1 heterocycles. The highest BCUT2D eigenvalue weighted by Gasteiger charge is 2.15. The van der Waals surface area contributed by atoms with Gasteiger partial charge in [-0.15, -0.1) is 0 Å². The predicted octanol–water partition coefficient (Wildman–Crippen LogP) is 3.29. The number of carbonyl (C=O) groups excluding carboxylic acids is 1. The zero-order chi connectivity index (χ0) is 17.1. The van der Waals surface area contributed by atoms with E-state index >= 15 is 0 Å². The van der Waals surface area contributed by atoms with Gasteiger partial charge in [0.2, 0.25) is 0 Å². The molecule has 0 aliphatic carbocycles. The Hall–Kier alpha value is -3.28. The fraction of sp³-hybridized carbons (Fsp3) is 0.111. The summed E-state index contributed by atoms with van der Waals surface area (Å²) in [6.45, 7) is 1.93. The Morgan fingerprint density at radius 3 is 2.71 bits per heavy atom. The van der Waals surface area contributed by atoms with Crippen molar-refractivity contribution in [1.82, 2.24) is 0 Å². The van der Waals surface area contributed by atoms with Gasteiger partial charge in [0, 0.05) is 11.1 Å². The van der Waals surface area contributed by atoms with Crippen LogP contribution in [0.15, 0.2) is 58.1 Å². The first-order chi connectivity index (χ1) is 11.6. The van der Waals surface area contributed by atoms with Crippen LogP contribution < -0.4 is 15.6 Å². The smallest absolute Gasteiger partial charge is 0.268 e. The Balaban J connectivity index is 2.07. The molecule has 0 spiro atoms. The molecule has 1 amide bonds. The molecule has 2 N–H and O–H groups in total. The van der Waals surface area contributed by atoms with E-state index in [4.69, 9.17) is 9.15 Å². The molecule has 0 radical (unpaired) electrons. The second-order valence-corrected chi connectivity index (χ2v) is 5.27. The molecule has 0 aliphatic rings. The Morgan fingerprint density at radius 1 is 1.21 bits per heavy atom. The average molecular weight is 324 g/mol. The molecule has 6 nitrogen and oxygen atoms in total. The van der Waals surface area contributed by atoms with Crippen molar-refractivity contribution in [2.45, 2.75) is 6.92 Å². The number of amides is 1. The minimum atomic E-state index is -0.429. The van der Waals surface area contributed by atoms with E-state index in [-0.39, 0.29) is 11.1 Å². The SMILES string of the molecule is COc1cccc2cc(C(=O)Nc3cccc(C)c3)c(=NO)oc12. The molecule has 0 saturated heterocycles. The number of hydrogen-bond donors (Lipinski definition) is 2. The van der Waals surface area contributed by atoms with E-state index in [1.54, 1.807) is 30.3 Å². The van der Waals surface area contributed by atoms with Gasteiger partial charge in [-0.3, -0.25) is 4.79 Å². The van der Waals surface area contributed by atoms with E-state index in [0.717, 1.165) is 5.56 Å². The molecule has 0 saturated carbocycles. The molecule has 0 atom stereocenters. The lowest BCUT2D eigenvalue weighted by molar-refractivity contribution is 0.102. The molecule has 2 aromatic carbocycles. The van der Waals surface area contributed by atoms with Crippen molar-refractivity contribution < 1.29 is 19.2 Å². The van der Waals surface area contributed by atoms with Gasteiger partial charge in [-0.2, -0.15) is 0 Å². The van der Waals surface area contributed by atoms with Gasteiger partial charge in [0.25, 0.3) is 11.5 Å². The van der Waals surface area contributed by atoms with Gasteiger partial charge in [-0.1, -0.05) is 24.3 Å². The van der Waals surface area contributed by atoms with Crippen LogP contribution in [0.1, 0.15) is 15.9 Å². The van der Waals surface area contributed by atoms with Crippen LogP contribution in [0.25, 0.3) is 11.0 Å². The highest BCUT2D eigenvalue weighted by Crippen LogP contribution is 2.24. The molecule has 3 rings (SSSR count). The van der Waals surface area contributed by atoms with Crippen molar-refractivity contribution >= 4 is 22.6 Å². The van der Waals surface area contributed by atoms with E-state index in [9.17, 15) is 10.0 Å². The summed E-state index contributed by atoms with van der Waals surface area (Å²) in [4.78, 5) is 12.5. The molecular weight excluding hydrogens is 308 g/mol. The first kappa shape index (κ1) is 15.6. The van der Waals surface area contributed by atoms with Crippen LogP contribution in [0.5, 0.6) is 5.75 Å². The maximum absolute atomic E-state index is 12.5. The van der Waals surface area contributed by atoms with Crippen LogP contribution >= 0.6 is 0 Å². The third-order valence-corrected chi connectivity index (χ3v) is 3.57. The first-order valence-electron chi connectivity index (χ1n) is 7.29. The monoisotopic (exact) mass is 324 g/mol. The van der Waals surface area contributed by atoms with E-state index in [0.29, 0.717) is 22.4 Å². The van der Waals surface area contributed by atoms with E-state index < -0.39 is 5.91 Å². The number of nitrogens with one attached hydrogen (secondary N) is 1. The zero-order valence-corrected chi connectivity index (χ0v) is 13.2. The van der Waals surface area contributed by atoms with Crippen molar-refractivity contribution in [2.24, 2.45) is 5.16 Å². The fourth-order valence-corrected chi connectivity index (χ4v) is 2.44. The largest absolute Gasteiger partial charge is 0.493 e. The summed E-state index contributed by atoms with van der Waals surface area (Å²) in [5.41, 5.74) is 2.01. The number of carbonyl (C=O) groups is 1. The van der Waals surface area contributed by atoms with Crippen LogP contribution in [0, 0.1) is 6.92 Å². The van der Waals surface area contributed by atoms with Crippen molar-refractivity contribution in [3.05, 3.63) is 65.2 Å². The van der Waals surface area contributed by atoms with Crippen LogP contribution in [-0.4, -0.2) is 18.2 Å². The molecular formula is C18H16N2O4. The Morgan fingerprint density at radius 2 is 2.00 bits per heavy atom.